The Morgan fingerprint density at radius 3 is 2.95 bits per heavy atom. The van der Waals surface area contributed by atoms with Gasteiger partial charge in [0, 0.05) is 18.7 Å². The molecule has 20 heavy (non-hydrogen) atoms. The van der Waals surface area contributed by atoms with E-state index in [9.17, 15) is 0 Å². The second-order valence-electron chi connectivity index (χ2n) is 4.60. The molecule has 0 aliphatic rings. The van der Waals surface area contributed by atoms with Crippen molar-refractivity contribution in [3.05, 3.63) is 17.0 Å². The minimum atomic E-state index is 0.461. The molecule has 0 saturated carbocycles. The zero-order valence-electron chi connectivity index (χ0n) is 11.6. The molecular weight excluding hydrogens is 294 g/mol. The van der Waals surface area contributed by atoms with Gasteiger partial charge in [-0.2, -0.15) is 8.75 Å². The minimum Gasteiger partial charge on any atom is -0.484 e. The number of thiophene rings is 1. The number of nitrogens with zero attached hydrogens (tertiary/aromatic N) is 3. The quantitative estimate of drug-likeness (QED) is 0.727. The van der Waals surface area contributed by atoms with E-state index in [0.29, 0.717) is 18.2 Å². The van der Waals surface area contributed by atoms with Gasteiger partial charge in [0.25, 0.3) is 0 Å². The van der Waals surface area contributed by atoms with Crippen LogP contribution in [-0.2, 0) is 6.54 Å². The maximum Gasteiger partial charge on any atom is 0.184 e. The van der Waals surface area contributed by atoms with Gasteiger partial charge in [0.15, 0.2) is 16.7 Å². The molecule has 3 N–H and O–H groups in total. The summed E-state index contributed by atoms with van der Waals surface area (Å²) in [5, 5.41) is 6.22. The first-order valence-electron chi connectivity index (χ1n) is 6.32. The third-order valence-corrected chi connectivity index (χ3v) is 3.96. The SMILES string of the molecule is CN(C)Cc1ccsc1OCCCNc1nsnc1N. The van der Waals surface area contributed by atoms with Crippen LogP contribution in [0.3, 0.4) is 0 Å². The second-order valence-corrected chi connectivity index (χ2v) is 6.01. The van der Waals surface area contributed by atoms with E-state index < -0.39 is 0 Å². The van der Waals surface area contributed by atoms with Crippen LogP contribution in [0.4, 0.5) is 11.6 Å². The Morgan fingerprint density at radius 1 is 1.40 bits per heavy atom. The summed E-state index contributed by atoms with van der Waals surface area (Å²) in [6, 6.07) is 2.11. The fraction of sp³-hybridized carbons (Fsp3) is 0.500. The summed E-state index contributed by atoms with van der Waals surface area (Å²) >= 11 is 2.75. The monoisotopic (exact) mass is 313 g/mol. The van der Waals surface area contributed by atoms with Crippen molar-refractivity contribution in [1.29, 1.82) is 0 Å². The highest BCUT2D eigenvalue weighted by atomic mass is 32.1. The molecule has 0 unspecified atom stereocenters. The van der Waals surface area contributed by atoms with Gasteiger partial charge in [0.2, 0.25) is 0 Å². The second kappa shape index (κ2) is 7.41. The summed E-state index contributed by atoms with van der Waals surface area (Å²) in [6.07, 6.45) is 0.885. The summed E-state index contributed by atoms with van der Waals surface area (Å²) in [4.78, 5) is 2.13. The third-order valence-electron chi connectivity index (χ3n) is 2.55. The molecule has 0 bridgehead atoms. The lowest BCUT2D eigenvalue weighted by atomic mass is 10.3. The van der Waals surface area contributed by atoms with E-state index in [2.05, 4.69) is 44.5 Å². The number of nitrogen functional groups attached to an aromatic ring is 1. The zero-order chi connectivity index (χ0) is 14.4. The average molecular weight is 313 g/mol. The molecule has 2 heterocycles. The number of nitrogens with one attached hydrogen (secondary N) is 1. The molecule has 2 rings (SSSR count). The third kappa shape index (κ3) is 4.32. The molecular formula is C12H19N5OS2. The van der Waals surface area contributed by atoms with Crippen LogP contribution in [-0.4, -0.2) is 40.9 Å². The average Bonchev–Trinajstić information content (AvgIpc) is 2.99. The predicted octanol–water partition coefficient (Wildman–Crippen LogP) is 2.12. The molecule has 0 saturated heterocycles. The van der Waals surface area contributed by atoms with Gasteiger partial charge in [-0.05, 0) is 32.0 Å². The van der Waals surface area contributed by atoms with E-state index in [4.69, 9.17) is 10.5 Å². The molecule has 110 valence electrons. The number of nitrogens with two attached hydrogens (primary N) is 1. The molecule has 2 aromatic rings. The minimum absolute atomic E-state index is 0.461. The first-order valence-corrected chi connectivity index (χ1v) is 7.93. The summed E-state index contributed by atoms with van der Waals surface area (Å²) < 4.78 is 13.8. The Hall–Kier alpha value is -1.38. The zero-order valence-corrected chi connectivity index (χ0v) is 13.3. The number of hydrogen-bond donors (Lipinski definition) is 2. The van der Waals surface area contributed by atoms with Crippen LogP contribution in [0.5, 0.6) is 5.06 Å². The molecule has 0 aliphatic heterocycles. The highest BCUT2D eigenvalue weighted by Gasteiger charge is 2.07. The molecule has 0 amide bonds. The lowest BCUT2D eigenvalue weighted by Crippen LogP contribution is -2.12. The largest absolute Gasteiger partial charge is 0.484 e. The summed E-state index contributed by atoms with van der Waals surface area (Å²) in [7, 11) is 4.11. The molecule has 8 heteroatoms. The van der Waals surface area contributed by atoms with Crippen molar-refractivity contribution >= 4 is 34.7 Å². The summed E-state index contributed by atoms with van der Waals surface area (Å²) in [5.74, 6) is 1.13. The van der Waals surface area contributed by atoms with E-state index in [1.54, 1.807) is 11.3 Å². The summed E-state index contributed by atoms with van der Waals surface area (Å²) in [6.45, 7) is 2.34. The van der Waals surface area contributed by atoms with Crippen LogP contribution < -0.4 is 15.8 Å². The van der Waals surface area contributed by atoms with Gasteiger partial charge in [0.1, 0.15) is 0 Å². The van der Waals surface area contributed by atoms with Gasteiger partial charge < -0.3 is 20.7 Å². The molecule has 0 atom stereocenters. The molecule has 2 aromatic heterocycles. The highest BCUT2D eigenvalue weighted by Crippen LogP contribution is 2.27. The van der Waals surface area contributed by atoms with E-state index in [0.717, 1.165) is 36.3 Å². The smallest absolute Gasteiger partial charge is 0.184 e. The van der Waals surface area contributed by atoms with Gasteiger partial charge >= 0.3 is 0 Å². The fourth-order valence-corrected chi connectivity index (χ4v) is 2.91. The Labute approximate surface area is 126 Å². The van der Waals surface area contributed by atoms with Crippen molar-refractivity contribution < 1.29 is 4.74 Å². The van der Waals surface area contributed by atoms with Crippen LogP contribution in [0.15, 0.2) is 11.4 Å². The van der Waals surface area contributed by atoms with Crippen molar-refractivity contribution in [1.82, 2.24) is 13.6 Å². The maximum atomic E-state index is 5.81. The number of rotatable bonds is 8. The normalized spacial score (nSPS) is 10.9. The first-order chi connectivity index (χ1) is 9.66. The van der Waals surface area contributed by atoms with E-state index in [-0.39, 0.29) is 0 Å². The van der Waals surface area contributed by atoms with E-state index in [1.807, 2.05) is 0 Å². The van der Waals surface area contributed by atoms with E-state index in [1.165, 1.54) is 5.56 Å². The standard InChI is InChI=1S/C12H19N5OS2/c1-17(2)8-9-4-7-19-12(9)18-6-3-5-14-11-10(13)15-20-16-11/h4,7H,3,5-6,8H2,1-2H3,(H2,13,15)(H,14,16). The van der Waals surface area contributed by atoms with E-state index >= 15 is 0 Å². The first kappa shape index (κ1) is 15.0. The van der Waals surface area contributed by atoms with Gasteiger partial charge in [0.05, 0.1) is 18.3 Å². The van der Waals surface area contributed by atoms with Crippen molar-refractivity contribution in [3.8, 4) is 5.06 Å². The highest BCUT2D eigenvalue weighted by molar-refractivity contribution is 7.12. The Bertz CT molecular complexity index is 525. The van der Waals surface area contributed by atoms with Crippen LogP contribution in [0.1, 0.15) is 12.0 Å². The lowest BCUT2D eigenvalue weighted by molar-refractivity contribution is 0.313. The van der Waals surface area contributed by atoms with Crippen LogP contribution >= 0.6 is 23.1 Å². The van der Waals surface area contributed by atoms with Gasteiger partial charge in [-0.3, -0.25) is 0 Å². The topological polar surface area (TPSA) is 76.3 Å². The molecule has 0 radical (unpaired) electrons. The Balaban J connectivity index is 1.68. The van der Waals surface area contributed by atoms with Gasteiger partial charge in [-0.15, -0.1) is 11.3 Å². The number of anilines is 2. The summed E-state index contributed by atoms with van der Waals surface area (Å²) in [5.41, 5.74) is 6.88. The van der Waals surface area contributed by atoms with Gasteiger partial charge in [-0.1, -0.05) is 0 Å². The lowest BCUT2D eigenvalue weighted by Gasteiger charge is -2.11. The molecule has 0 fully saturated rings. The number of aromatic nitrogens is 2. The van der Waals surface area contributed by atoms with Crippen molar-refractivity contribution in [3.63, 3.8) is 0 Å². The molecule has 0 aliphatic carbocycles. The molecule has 0 aromatic carbocycles. The van der Waals surface area contributed by atoms with Crippen molar-refractivity contribution in [2.45, 2.75) is 13.0 Å². The number of ether oxygens (including phenoxy) is 1. The molecule has 6 nitrogen and oxygen atoms in total. The van der Waals surface area contributed by atoms with Crippen LogP contribution in [0, 0.1) is 0 Å². The fourth-order valence-electron chi connectivity index (χ4n) is 1.67. The van der Waals surface area contributed by atoms with Crippen molar-refractivity contribution in [2.24, 2.45) is 0 Å². The van der Waals surface area contributed by atoms with Gasteiger partial charge in [-0.25, -0.2) is 0 Å². The molecule has 0 spiro atoms. The number of hydrogen-bond acceptors (Lipinski definition) is 8. The van der Waals surface area contributed by atoms with Crippen LogP contribution in [0.2, 0.25) is 0 Å². The van der Waals surface area contributed by atoms with Crippen molar-refractivity contribution in [2.75, 3.05) is 38.3 Å². The maximum absolute atomic E-state index is 5.81. The van der Waals surface area contributed by atoms with Crippen LogP contribution in [0.25, 0.3) is 0 Å². The Morgan fingerprint density at radius 2 is 2.25 bits per heavy atom. The predicted molar refractivity (Wildman–Crippen MR) is 84.6 cm³/mol. The Kier molecular flexibility index (Phi) is 5.57.